The van der Waals surface area contributed by atoms with Crippen LogP contribution in [0.25, 0.3) is 0 Å². The van der Waals surface area contributed by atoms with E-state index in [0.29, 0.717) is 5.37 Å². The molecule has 1 unspecified atom stereocenters. The second-order valence-electron chi connectivity index (χ2n) is 1.93. The molecule has 0 spiro atoms. The predicted molar refractivity (Wildman–Crippen MR) is 42.7 cm³/mol. The summed E-state index contributed by atoms with van der Waals surface area (Å²) in [5, 5.41) is 3.59. The lowest BCUT2D eigenvalue weighted by Crippen LogP contribution is -2.23. The smallest absolute Gasteiger partial charge is 0.0817 e. The highest BCUT2D eigenvalue weighted by Crippen LogP contribution is 2.17. The van der Waals surface area contributed by atoms with Crippen molar-refractivity contribution in [3.8, 4) is 0 Å². The van der Waals surface area contributed by atoms with E-state index in [9.17, 15) is 0 Å². The first-order valence-corrected chi connectivity index (χ1v) is 3.80. The Kier molecular flexibility index (Phi) is 2.30. The number of likely N-dealkylation sites (N-methyl/N-ethyl adjacent to an activating group) is 1. The van der Waals surface area contributed by atoms with Gasteiger partial charge in [-0.25, -0.2) is 0 Å². The Bertz CT molecular complexity index is 151. The van der Waals surface area contributed by atoms with Gasteiger partial charge in [0.15, 0.2) is 0 Å². The Morgan fingerprint density at radius 3 is 3.00 bits per heavy atom. The highest BCUT2D eigenvalue weighted by molar-refractivity contribution is 8.12. The number of aliphatic imine (C=N–C) groups is 1. The third-order valence-corrected chi connectivity index (χ3v) is 2.33. The van der Waals surface area contributed by atoms with Gasteiger partial charge in [-0.15, -0.1) is 0 Å². The molecule has 9 heavy (non-hydrogen) atoms. The summed E-state index contributed by atoms with van der Waals surface area (Å²) in [6.07, 6.45) is 1.89. The average molecular weight is 142 g/mol. The fourth-order valence-corrected chi connectivity index (χ4v) is 1.38. The molecular weight excluding hydrogens is 132 g/mol. The van der Waals surface area contributed by atoms with Crippen molar-refractivity contribution >= 4 is 17.3 Å². The van der Waals surface area contributed by atoms with E-state index in [4.69, 9.17) is 0 Å². The molecule has 0 aromatic rings. The summed E-state index contributed by atoms with van der Waals surface area (Å²) in [4.78, 5) is 3.99. The number of nitrogens with one attached hydrogen (secondary N) is 1. The van der Waals surface area contributed by atoms with Gasteiger partial charge in [-0.1, -0.05) is 11.8 Å². The van der Waals surface area contributed by atoms with E-state index in [-0.39, 0.29) is 0 Å². The largest absolute Gasteiger partial charge is 0.305 e. The molecule has 1 N–H and O–H groups in total. The molecule has 1 aliphatic rings. The Morgan fingerprint density at radius 2 is 2.56 bits per heavy atom. The Balaban J connectivity index is 2.59. The quantitative estimate of drug-likeness (QED) is 0.595. The molecule has 0 aliphatic carbocycles. The van der Waals surface area contributed by atoms with Crippen LogP contribution in [0.5, 0.6) is 0 Å². The van der Waals surface area contributed by atoms with Crippen LogP contribution in [0.1, 0.15) is 6.92 Å². The molecule has 1 atom stereocenters. The van der Waals surface area contributed by atoms with Crippen LogP contribution in [0.15, 0.2) is 16.8 Å². The summed E-state index contributed by atoms with van der Waals surface area (Å²) in [7, 11) is 1.95. The molecule has 0 bridgehead atoms. The molecule has 0 aromatic heterocycles. The molecule has 0 saturated heterocycles. The molecule has 0 saturated carbocycles. The topological polar surface area (TPSA) is 24.4 Å². The van der Waals surface area contributed by atoms with Crippen LogP contribution < -0.4 is 5.32 Å². The van der Waals surface area contributed by atoms with Gasteiger partial charge in [0.05, 0.1) is 10.9 Å². The lowest BCUT2D eigenvalue weighted by Gasteiger charge is -2.15. The summed E-state index contributed by atoms with van der Waals surface area (Å²) in [6, 6.07) is 0. The molecular formula is C6H10N2S. The minimum atomic E-state index is 0.433. The summed E-state index contributed by atoms with van der Waals surface area (Å²) >= 11 is 1.70. The van der Waals surface area contributed by atoms with Gasteiger partial charge in [-0.2, -0.15) is 0 Å². The molecule has 0 amide bonds. The van der Waals surface area contributed by atoms with Crippen molar-refractivity contribution in [2.24, 2.45) is 4.99 Å². The van der Waals surface area contributed by atoms with E-state index in [0.717, 1.165) is 0 Å². The lowest BCUT2D eigenvalue weighted by atomic mass is 10.3. The average Bonchev–Trinajstić information content (AvgIpc) is 1.89. The van der Waals surface area contributed by atoms with Gasteiger partial charge in [0.25, 0.3) is 0 Å². The number of hydrogen-bond acceptors (Lipinski definition) is 3. The fourth-order valence-electron chi connectivity index (χ4n) is 0.715. The zero-order valence-corrected chi connectivity index (χ0v) is 6.40. The molecule has 3 heteroatoms. The third-order valence-electron chi connectivity index (χ3n) is 1.21. The van der Waals surface area contributed by atoms with Crippen LogP contribution in [0.4, 0.5) is 0 Å². The lowest BCUT2D eigenvalue weighted by molar-refractivity contribution is 0.825. The Hall–Kier alpha value is -0.280. The number of rotatable bonds is 1. The second kappa shape index (κ2) is 3.03. The Morgan fingerprint density at radius 1 is 1.78 bits per heavy atom. The van der Waals surface area contributed by atoms with Crippen molar-refractivity contribution in [3.05, 3.63) is 11.8 Å². The summed E-state index contributed by atoms with van der Waals surface area (Å²) in [5.41, 5.74) is 3.14. The van der Waals surface area contributed by atoms with Crippen molar-refractivity contribution in [2.75, 3.05) is 7.05 Å². The molecule has 0 radical (unpaired) electrons. The van der Waals surface area contributed by atoms with Crippen LogP contribution >= 0.6 is 11.8 Å². The molecule has 0 fully saturated rings. The van der Waals surface area contributed by atoms with Crippen molar-refractivity contribution in [2.45, 2.75) is 12.3 Å². The van der Waals surface area contributed by atoms with Crippen LogP contribution in [0.2, 0.25) is 0 Å². The normalized spacial score (nSPS) is 26.0. The molecule has 1 aliphatic heterocycles. The summed E-state index contributed by atoms with van der Waals surface area (Å²) in [6.45, 7) is 2.07. The first-order valence-electron chi connectivity index (χ1n) is 2.85. The van der Waals surface area contributed by atoms with E-state index in [1.54, 1.807) is 11.8 Å². The van der Waals surface area contributed by atoms with Crippen molar-refractivity contribution in [3.63, 3.8) is 0 Å². The van der Waals surface area contributed by atoms with Gasteiger partial charge in [0.2, 0.25) is 0 Å². The van der Waals surface area contributed by atoms with Crippen molar-refractivity contribution < 1.29 is 0 Å². The Labute approximate surface area is 59.4 Å². The maximum absolute atomic E-state index is 3.99. The number of thioether (sulfide) groups is 1. The van der Waals surface area contributed by atoms with Gasteiger partial charge in [-0.05, 0) is 19.5 Å². The fraction of sp³-hybridized carbons (Fsp3) is 0.500. The van der Waals surface area contributed by atoms with Crippen LogP contribution in [-0.2, 0) is 0 Å². The molecule has 2 nitrogen and oxygen atoms in total. The van der Waals surface area contributed by atoms with Crippen molar-refractivity contribution in [1.82, 2.24) is 5.32 Å². The van der Waals surface area contributed by atoms with Gasteiger partial charge in [0.1, 0.15) is 0 Å². The van der Waals surface area contributed by atoms with E-state index < -0.39 is 0 Å². The second-order valence-corrected chi connectivity index (χ2v) is 2.89. The van der Waals surface area contributed by atoms with Gasteiger partial charge in [0, 0.05) is 6.20 Å². The minimum Gasteiger partial charge on any atom is -0.305 e. The minimum absolute atomic E-state index is 0.433. The summed E-state index contributed by atoms with van der Waals surface area (Å²) < 4.78 is 0. The highest BCUT2D eigenvalue weighted by atomic mass is 32.2. The van der Waals surface area contributed by atoms with Crippen LogP contribution in [-0.4, -0.2) is 18.0 Å². The maximum Gasteiger partial charge on any atom is 0.0817 e. The molecule has 50 valence electrons. The van der Waals surface area contributed by atoms with Gasteiger partial charge in [-0.3, -0.25) is 4.99 Å². The molecule has 0 aromatic carbocycles. The number of hydrogen-bond donors (Lipinski definition) is 1. The highest BCUT2D eigenvalue weighted by Gasteiger charge is 2.08. The zero-order valence-electron chi connectivity index (χ0n) is 5.59. The number of nitrogens with zero attached hydrogens (tertiary/aromatic N) is 1. The first kappa shape index (κ1) is 6.83. The van der Waals surface area contributed by atoms with E-state index in [2.05, 4.69) is 17.2 Å². The molecule has 1 heterocycles. The monoisotopic (exact) mass is 142 g/mol. The van der Waals surface area contributed by atoms with Crippen molar-refractivity contribution in [1.29, 1.82) is 0 Å². The predicted octanol–water partition coefficient (Wildman–Crippen LogP) is 1.21. The summed E-state index contributed by atoms with van der Waals surface area (Å²) in [5.74, 6) is 0. The third kappa shape index (κ3) is 1.56. The van der Waals surface area contributed by atoms with E-state index in [1.807, 2.05) is 18.8 Å². The molecule has 1 rings (SSSR count). The SMILES string of the molecule is CNC1SC=NC=C1C. The van der Waals surface area contributed by atoms with Crippen LogP contribution in [0.3, 0.4) is 0 Å². The standard InChI is InChI=1S/C6H10N2S/c1-5-3-8-4-9-6(5)7-2/h3-4,6-7H,1-2H3. The van der Waals surface area contributed by atoms with E-state index >= 15 is 0 Å². The maximum atomic E-state index is 3.99. The van der Waals surface area contributed by atoms with Gasteiger partial charge >= 0.3 is 0 Å². The first-order chi connectivity index (χ1) is 4.34. The van der Waals surface area contributed by atoms with E-state index in [1.165, 1.54) is 5.57 Å². The van der Waals surface area contributed by atoms with Crippen LogP contribution in [0, 0.1) is 0 Å². The van der Waals surface area contributed by atoms with Gasteiger partial charge < -0.3 is 5.32 Å². The zero-order chi connectivity index (χ0) is 6.69.